The molecule has 0 spiro atoms. The summed E-state index contributed by atoms with van der Waals surface area (Å²) in [6.45, 7) is 8.58. The summed E-state index contributed by atoms with van der Waals surface area (Å²) in [5.41, 5.74) is 5.71. The Morgan fingerprint density at radius 1 is 1.65 bits per heavy atom. The van der Waals surface area contributed by atoms with Crippen LogP contribution in [0.3, 0.4) is 0 Å². The third-order valence-corrected chi connectivity index (χ3v) is 2.48. The lowest BCUT2D eigenvalue weighted by Crippen LogP contribution is -2.50. The maximum absolute atomic E-state index is 11.1. The number of nitrogens with one attached hydrogen (secondary N) is 2. The number of nitrogens with zero attached hydrogens (tertiary/aromatic N) is 2. The van der Waals surface area contributed by atoms with Gasteiger partial charge in [-0.25, -0.2) is 0 Å². The molecule has 0 saturated carbocycles. The number of guanidine groups is 1. The van der Waals surface area contributed by atoms with Gasteiger partial charge in [-0.2, -0.15) is 0 Å². The zero-order valence-corrected chi connectivity index (χ0v) is 10.7. The Labute approximate surface area is 103 Å². The van der Waals surface area contributed by atoms with Crippen molar-refractivity contribution in [2.24, 2.45) is 16.6 Å². The lowest BCUT2D eigenvalue weighted by Gasteiger charge is -2.26. The molecule has 0 aliphatic carbocycles. The predicted octanol–water partition coefficient (Wildman–Crippen LogP) is -1.02. The van der Waals surface area contributed by atoms with Crippen molar-refractivity contribution in [1.29, 1.82) is 0 Å². The van der Waals surface area contributed by atoms with Gasteiger partial charge >= 0.3 is 0 Å². The fraction of sp³-hybridized carbons (Fsp3) is 0.818. The van der Waals surface area contributed by atoms with Crippen LogP contribution in [0.1, 0.15) is 13.8 Å². The molecule has 1 aliphatic heterocycles. The summed E-state index contributed by atoms with van der Waals surface area (Å²) in [7, 11) is 0. The van der Waals surface area contributed by atoms with Crippen LogP contribution in [0.5, 0.6) is 0 Å². The molecule has 1 rings (SSSR count). The first-order valence-electron chi connectivity index (χ1n) is 6.10. The molecule has 0 aromatic carbocycles. The van der Waals surface area contributed by atoms with E-state index in [1.54, 1.807) is 0 Å². The van der Waals surface area contributed by atoms with Gasteiger partial charge in [0.05, 0.1) is 6.54 Å². The minimum Gasteiger partial charge on any atom is -0.370 e. The molecule has 6 heteroatoms. The SMILES string of the molecule is CC(C)CN=C(N)NCCN1CCNC(=O)C1. The molecule has 0 atom stereocenters. The summed E-state index contributed by atoms with van der Waals surface area (Å²) in [6.07, 6.45) is 0. The number of aliphatic imine (C=N–C) groups is 1. The smallest absolute Gasteiger partial charge is 0.234 e. The number of carbonyl (C=O) groups excluding carboxylic acids is 1. The van der Waals surface area contributed by atoms with Crippen molar-refractivity contribution >= 4 is 11.9 Å². The first-order chi connectivity index (χ1) is 8.08. The van der Waals surface area contributed by atoms with Crippen LogP contribution in [0, 0.1) is 5.92 Å². The van der Waals surface area contributed by atoms with Gasteiger partial charge in [0.2, 0.25) is 5.91 Å². The third-order valence-electron chi connectivity index (χ3n) is 2.48. The van der Waals surface area contributed by atoms with Crippen molar-refractivity contribution in [2.45, 2.75) is 13.8 Å². The first-order valence-corrected chi connectivity index (χ1v) is 6.10. The van der Waals surface area contributed by atoms with Crippen LogP contribution in [-0.4, -0.2) is 56.0 Å². The second-order valence-electron chi connectivity index (χ2n) is 4.67. The predicted molar refractivity (Wildman–Crippen MR) is 68.8 cm³/mol. The molecule has 0 aromatic heterocycles. The Bertz CT molecular complexity index is 277. The fourth-order valence-electron chi connectivity index (χ4n) is 1.56. The lowest BCUT2D eigenvalue weighted by atomic mass is 10.2. The number of carbonyl (C=O) groups is 1. The van der Waals surface area contributed by atoms with E-state index in [0.29, 0.717) is 18.4 Å². The summed E-state index contributed by atoms with van der Waals surface area (Å²) in [6, 6.07) is 0. The van der Waals surface area contributed by atoms with Gasteiger partial charge in [-0.3, -0.25) is 14.7 Å². The van der Waals surface area contributed by atoms with Crippen LogP contribution in [-0.2, 0) is 4.79 Å². The van der Waals surface area contributed by atoms with Gasteiger partial charge in [0.25, 0.3) is 0 Å². The van der Waals surface area contributed by atoms with Gasteiger partial charge in [0.1, 0.15) is 0 Å². The quantitative estimate of drug-likeness (QED) is 0.425. The molecule has 1 saturated heterocycles. The minimum absolute atomic E-state index is 0.0951. The highest BCUT2D eigenvalue weighted by molar-refractivity contribution is 5.79. The number of nitrogens with two attached hydrogens (primary N) is 1. The number of hydrogen-bond donors (Lipinski definition) is 3. The van der Waals surface area contributed by atoms with Crippen molar-refractivity contribution in [1.82, 2.24) is 15.5 Å². The molecule has 0 unspecified atom stereocenters. The van der Waals surface area contributed by atoms with Gasteiger partial charge in [0, 0.05) is 32.7 Å². The van der Waals surface area contributed by atoms with E-state index < -0.39 is 0 Å². The standard InChI is InChI=1S/C11H23N5O/c1-9(2)7-15-11(12)14-4-6-16-5-3-13-10(17)8-16/h9H,3-8H2,1-2H3,(H,13,17)(H3,12,14,15). The molecule has 1 aliphatic rings. The van der Waals surface area contributed by atoms with E-state index >= 15 is 0 Å². The van der Waals surface area contributed by atoms with Crippen LogP contribution in [0.2, 0.25) is 0 Å². The zero-order chi connectivity index (χ0) is 12.7. The second-order valence-corrected chi connectivity index (χ2v) is 4.67. The van der Waals surface area contributed by atoms with Crippen molar-refractivity contribution in [3.8, 4) is 0 Å². The Balaban J connectivity index is 2.14. The maximum atomic E-state index is 11.1. The van der Waals surface area contributed by atoms with E-state index in [2.05, 4.69) is 34.4 Å². The highest BCUT2D eigenvalue weighted by Crippen LogP contribution is 1.92. The van der Waals surface area contributed by atoms with Gasteiger partial charge in [-0.15, -0.1) is 0 Å². The van der Waals surface area contributed by atoms with E-state index in [0.717, 1.165) is 32.7 Å². The molecule has 1 heterocycles. The first kappa shape index (κ1) is 13.8. The summed E-state index contributed by atoms with van der Waals surface area (Å²) in [5, 5.41) is 5.85. The molecule has 0 bridgehead atoms. The van der Waals surface area contributed by atoms with Crippen molar-refractivity contribution < 1.29 is 4.79 Å². The van der Waals surface area contributed by atoms with Crippen LogP contribution >= 0.6 is 0 Å². The molecule has 0 radical (unpaired) electrons. The topological polar surface area (TPSA) is 82.8 Å². The monoisotopic (exact) mass is 241 g/mol. The summed E-state index contributed by atoms with van der Waals surface area (Å²) < 4.78 is 0. The minimum atomic E-state index is 0.0951. The van der Waals surface area contributed by atoms with Gasteiger partial charge in [-0.1, -0.05) is 13.8 Å². The summed E-state index contributed by atoms with van der Waals surface area (Å²) in [4.78, 5) is 17.4. The highest BCUT2D eigenvalue weighted by atomic mass is 16.2. The molecule has 98 valence electrons. The van der Waals surface area contributed by atoms with E-state index in [1.165, 1.54) is 0 Å². The summed E-state index contributed by atoms with van der Waals surface area (Å²) in [5.74, 6) is 1.10. The Kier molecular flexibility index (Phi) is 5.76. The van der Waals surface area contributed by atoms with E-state index in [4.69, 9.17) is 5.73 Å². The van der Waals surface area contributed by atoms with Crippen LogP contribution in [0.15, 0.2) is 4.99 Å². The second kappa shape index (κ2) is 7.11. The third kappa shape index (κ3) is 6.11. The average molecular weight is 241 g/mol. The Morgan fingerprint density at radius 3 is 3.06 bits per heavy atom. The van der Waals surface area contributed by atoms with Crippen LogP contribution < -0.4 is 16.4 Å². The molecular weight excluding hydrogens is 218 g/mol. The number of hydrogen-bond acceptors (Lipinski definition) is 3. The van der Waals surface area contributed by atoms with E-state index in [-0.39, 0.29) is 5.91 Å². The number of amides is 1. The number of rotatable bonds is 5. The van der Waals surface area contributed by atoms with Crippen molar-refractivity contribution in [3.63, 3.8) is 0 Å². The molecule has 4 N–H and O–H groups in total. The highest BCUT2D eigenvalue weighted by Gasteiger charge is 2.14. The zero-order valence-electron chi connectivity index (χ0n) is 10.7. The number of piperazine rings is 1. The van der Waals surface area contributed by atoms with E-state index in [9.17, 15) is 4.79 Å². The lowest BCUT2D eigenvalue weighted by molar-refractivity contribution is -0.124. The molecule has 6 nitrogen and oxygen atoms in total. The van der Waals surface area contributed by atoms with Crippen molar-refractivity contribution in [2.75, 3.05) is 39.3 Å². The molecule has 0 aromatic rings. The largest absolute Gasteiger partial charge is 0.370 e. The van der Waals surface area contributed by atoms with Crippen LogP contribution in [0.4, 0.5) is 0 Å². The van der Waals surface area contributed by atoms with Gasteiger partial charge < -0.3 is 16.4 Å². The van der Waals surface area contributed by atoms with Gasteiger partial charge in [-0.05, 0) is 5.92 Å². The van der Waals surface area contributed by atoms with Crippen molar-refractivity contribution in [3.05, 3.63) is 0 Å². The summed E-state index contributed by atoms with van der Waals surface area (Å²) >= 11 is 0. The van der Waals surface area contributed by atoms with E-state index in [1.807, 2.05) is 0 Å². The molecule has 1 amide bonds. The molecule has 1 fully saturated rings. The van der Waals surface area contributed by atoms with Crippen LogP contribution in [0.25, 0.3) is 0 Å². The van der Waals surface area contributed by atoms with Gasteiger partial charge in [0.15, 0.2) is 5.96 Å². The molecule has 17 heavy (non-hydrogen) atoms. The fourth-order valence-corrected chi connectivity index (χ4v) is 1.56. The molecular formula is C11H23N5O. The normalized spacial score (nSPS) is 18.3. The Morgan fingerprint density at radius 2 is 2.41 bits per heavy atom. The maximum Gasteiger partial charge on any atom is 0.234 e. The Hall–Kier alpha value is -1.30. The average Bonchev–Trinajstić information content (AvgIpc) is 2.26.